The van der Waals surface area contributed by atoms with Crippen LogP contribution in [-0.4, -0.2) is 14.1 Å². The van der Waals surface area contributed by atoms with Crippen molar-refractivity contribution in [2.24, 2.45) is 0 Å². The largest absolute Gasteiger partial charge is 0.308 e. The Morgan fingerprint density at radius 3 is 0.802 bits per heavy atom. The van der Waals surface area contributed by atoms with Crippen molar-refractivity contribution in [3.8, 4) is 133 Å². The van der Waals surface area contributed by atoms with E-state index in [2.05, 4.69) is 54.6 Å². The molecule has 0 amide bonds. The molecule has 0 saturated heterocycles. The fourth-order valence-electron chi connectivity index (χ4n) is 11.6. The van der Waals surface area contributed by atoms with Gasteiger partial charge in [-0.1, -0.05) is 84.9 Å². The molecule has 0 radical (unpaired) electrons. The van der Waals surface area contributed by atoms with Crippen molar-refractivity contribution in [1.82, 2.24) is 14.1 Å². The van der Waals surface area contributed by atoms with Gasteiger partial charge in [0.1, 0.15) is 11.6 Å². The third-order valence-electron chi connectivity index (χ3n) is 15.4. The second-order valence-corrected chi connectivity index (χ2v) is 20.5. The van der Waals surface area contributed by atoms with Gasteiger partial charge in [0.05, 0.1) is 138 Å². The van der Waals surface area contributed by atoms with E-state index >= 15 is 0 Å². The van der Waals surface area contributed by atoms with Gasteiger partial charge in [-0.3, -0.25) is 0 Å². The average Bonchev–Trinajstić information content (AvgIpc) is 1.68. The third-order valence-corrected chi connectivity index (χ3v) is 15.4. The molecule has 0 N–H and O–H groups in total. The van der Waals surface area contributed by atoms with Crippen LogP contribution in [0.2, 0.25) is 0 Å². The van der Waals surface area contributed by atoms with Crippen molar-refractivity contribution < 1.29 is 0 Å². The van der Waals surface area contributed by atoms with Gasteiger partial charge >= 0.3 is 0 Å². The molecule has 0 saturated carbocycles. The van der Waals surface area contributed by atoms with Crippen LogP contribution in [0, 0.1) is 102 Å². The molecule has 0 spiro atoms. The number of pyridine rings is 1. The first-order chi connectivity index (χ1) is 42.1. The van der Waals surface area contributed by atoms with Gasteiger partial charge in [0.2, 0.25) is 0 Å². The minimum atomic E-state index is 0.227. The number of hydrogen-bond acceptors (Lipinski definition) is 10. The number of benzene rings is 10. The molecule has 13 rings (SSSR count). The van der Waals surface area contributed by atoms with Crippen molar-refractivity contribution in [3.63, 3.8) is 0 Å². The molecule has 0 aliphatic rings. The van der Waals surface area contributed by atoms with Crippen molar-refractivity contribution in [3.05, 3.63) is 256 Å². The fourth-order valence-corrected chi connectivity index (χ4v) is 11.6. The molecule has 390 valence electrons. The van der Waals surface area contributed by atoms with Gasteiger partial charge in [0.25, 0.3) is 0 Å². The summed E-state index contributed by atoms with van der Waals surface area (Å²) >= 11 is 0. The highest BCUT2D eigenvalue weighted by Gasteiger charge is 2.25. The summed E-state index contributed by atoms with van der Waals surface area (Å²) in [5.41, 5.74) is 14.2. The molecule has 0 bridgehead atoms. The van der Waals surface area contributed by atoms with Crippen molar-refractivity contribution in [1.29, 1.82) is 47.4 Å². The molecule has 12 nitrogen and oxygen atoms in total. The Hall–Kier alpha value is -13.6. The van der Waals surface area contributed by atoms with Crippen LogP contribution in [0.25, 0.3) is 122 Å². The minimum absolute atomic E-state index is 0.227. The van der Waals surface area contributed by atoms with Gasteiger partial charge < -0.3 is 9.13 Å². The Kier molecular flexibility index (Phi) is 12.7. The van der Waals surface area contributed by atoms with Crippen LogP contribution in [-0.2, 0) is 0 Å². The Balaban J connectivity index is 1.19. The van der Waals surface area contributed by atoms with Gasteiger partial charge in [0.15, 0.2) is 0 Å². The maximum Gasteiger partial charge on any atom is 0.104 e. The molecular formula is C74H34N12. The summed E-state index contributed by atoms with van der Waals surface area (Å²) in [5.74, 6) is 0. The summed E-state index contributed by atoms with van der Waals surface area (Å²) in [6.07, 6.45) is 0. The van der Waals surface area contributed by atoms with Gasteiger partial charge in [-0.25, -0.2) is 4.98 Å². The van der Waals surface area contributed by atoms with E-state index in [1.54, 1.807) is 48.5 Å². The Labute approximate surface area is 491 Å². The SMILES string of the molecule is N#Cc1cc(C#N)cc(-c2ccc3c4ccc(-c5cc(C#N)cc(C#N)c5)cc4n(-c4cc(-c5cccc(-c6ccccc6)n5)cc(-n5c6cc(-c7cc(C#N)cc(C#N)c7)ccc6c6ccc(-c7cc(C#N)cc(C#N)c7)cc65)c4C#N)c3c2)c1. The van der Waals surface area contributed by atoms with E-state index in [0.717, 1.165) is 27.1 Å². The van der Waals surface area contributed by atoms with Crippen LogP contribution >= 0.6 is 0 Å². The van der Waals surface area contributed by atoms with E-state index in [-0.39, 0.29) is 5.56 Å². The zero-order valence-corrected chi connectivity index (χ0v) is 45.0. The molecule has 86 heavy (non-hydrogen) atoms. The highest BCUT2D eigenvalue weighted by atomic mass is 15.0. The lowest BCUT2D eigenvalue weighted by Gasteiger charge is -2.19. The maximum absolute atomic E-state index is 12.2. The van der Waals surface area contributed by atoms with E-state index in [0.29, 0.717) is 139 Å². The summed E-state index contributed by atoms with van der Waals surface area (Å²) < 4.78 is 4.06. The lowest BCUT2D eigenvalue weighted by molar-refractivity contribution is 1.12. The number of rotatable bonds is 8. The summed E-state index contributed by atoms with van der Waals surface area (Å²) in [7, 11) is 0. The van der Waals surface area contributed by atoms with E-state index in [1.165, 1.54) is 24.3 Å². The number of fused-ring (bicyclic) bond motifs is 6. The summed E-state index contributed by atoms with van der Waals surface area (Å²) in [5, 5.41) is 96.3. The first-order valence-corrected chi connectivity index (χ1v) is 26.7. The topological polar surface area (TPSA) is 237 Å². The monoisotopic (exact) mass is 1090 g/mol. The number of nitrogens with zero attached hydrogens (tertiary/aromatic N) is 12. The molecule has 0 aliphatic heterocycles. The molecule has 3 heterocycles. The molecule has 0 fully saturated rings. The average molecular weight is 1090 g/mol. The number of aromatic nitrogens is 3. The first kappa shape index (κ1) is 51.8. The molecule has 12 heteroatoms. The third kappa shape index (κ3) is 8.96. The van der Waals surface area contributed by atoms with Crippen LogP contribution < -0.4 is 0 Å². The van der Waals surface area contributed by atoms with Crippen molar-refractivity contribution in [2.75, 3.05) is 0 Å². The molecule has 3 aromatic heterocycles. The van der Waals surface area contributed by atoms with E-state index in [4.69, 9.17) is 4.98 Å². The molecule has 0 unspecified atom stereocenters. The molecule has 10 aromatic carbocycles. The Morgan fingerprint density at radius 2 is 0.523 bits per heavy atom. The van der Waals surface area contributed by atoms with Gasteiger partial charge in [-0.2, -0.15) is 47.4 Å². The van der Waals surface area contributed by atoms with E-state index in [1.807, 2.05) is 143 Å². The van der Waals surface area contributed by atoms with E-state index < -0.39 is 0 Å². The Morgan fingerprint density at radius 1 is 0.233 bits per heavy atom. The normalized spacial score (nSPS) is 10.7. The quantitative estimate of drug-likeness (QED) is 0.139. The zero-order valence-electron chi connectivity index (χ0n) is 45.0. The number of hydrogen-bond donors (Lipinski definition) is 0. The predicted molar refractivity (Wildman–Crippen MR) is 328 cm³/mol. The van der Waals surface area contributed by atoms with Crippen LogP contribution in [0.5, 0.6) is 0 Å². The highest BCUT2D eigenvalue weighted by Crippen LogP contribution is 2.44. The molecule has 13 aromatic rings. The second-order valence-electron chi connectivity index (χ2n) is 20.5. The van der Waals surface area contributed by atoms with Crippen LogP contribution in [0.1, 0.15) is 50.1 Å². The summed E-state index contributed by atoms with van der Waals surface area (Å²) in [6.45, 7) is 0. The first-order valence-electron chi connectivity index (χ1n) is 26.7. The van der Waals surface area contributed by atoms with Crippen LogP contribution in [0.3, 0.4) is 0 Å². The Bertz CT molecular complexity index is 4850. The molecular weight excluding hydrogens is 1060 g/mol. The fraction of sp³-hybridized carbons (Fsp3) is 0. The lowest BCUT2D eigenvalue weighted by Crippen LogP contribution is -2.06. The van der Waals surface area contributed by atoms with Gasteiger partial charge in [-0.15, -0.1) is 0 Å². The summed E-state index contributed by atoms with van der Waals surface area (Å²) in [6, 6.07) is 83.3. The number of nitriles is 9. The van der Waals surface area contributed by atoms with Crippen LogP contribution in [0.4, 0.5) is 0 Å². The van der Waals surface area contributed by atoms with Crippen molar-refractivity contribution >= 4 is 43.6 Å². The lowest BCUT2D eigenvalue weighted by atomic mass is 9.98. The zero-order chi connectivity index (χ0) is 59.2. The summed E-state index contributed by atoms with van der Waals surface area (Å²) in [4.78, 5) is 5.30. The standard InChI is InChI=1S/C74H34N12/c75-35-44-17-45(36-76)22-57(21-44)53-9-13-62-63-14-10-54(58-23-46(37-77)18-47(24-58)38-78)30-70(63)85(69(62)29-53)73-33-61(68-8-4-7-67(84-68)52-5-2-1-3-6-52)34-74(66(73)43-83)86-71-31-55(59-25-48(39-79)19-49(26-59)40-80)11-15-64(71)65-16-12-56(32-72(65)86)60-27-50(41-81)20-51(28-60)42-82/h1-34H. The maximum atomic E-state index is 12.2. The van der Waals surface area contributed by atoms with Crippen molar-refractivity contribution in [2.45, 2.75) is 0 Å². The van der Waals surface area contributed by atoms with E-state index in [9.17, 15) is 47.4 Å². The molecule has 0 aliphatic carbocycles. The second kappa shape index (κ2) is 21.1. The predicted octanol–water partition coefficient (Wildman–Crippen LogP) is 16.1. The van der Waals surface area contributed by atoms with Crippen LogP contribution in [0.15, 0.2) is 206 Å². The van der Waals surface area contributed by atoms with Gasteiger partial charge in [-0.05, 0) is 166 Å². The minimum Gasteiger partial charge on any atom is -0.308 e. The highest BCUT2D eigenvalue weighted by molar-refractivity contribution is 6.13. The molecule has 0 atom stereocenters. The van der Waals surface area contributed by atoms with Gasteiger partial charge in [0, 0.05) is 32.7 Å². The smallest absolute Gasteiger partial charge is 0.104 e.